The predicted octanol–water partition coefficient (Wildman–Crippen LogP) is 2.73. The van der Waals surface area contributed by atoms with E-state index in [1.165, 1.54) is 51.4 Å². The summed E-state index contributed by atoms with van der Waals surface area (Å²) in [6.45, 7) is 0. The Bertz CT molecular complexity index is 261. The molecule has 3 heteroatoms. The molecule has 1 amide bonds. The Morgan fingerprint density at radius 1 is 0.944 bits per heavy atom. The third-order valence-corrected chi connectivity index (χ3v) is 4.61. The quantitative estimate of drug-likeness (QED) is 0.759. The van der Waals surface area contributed by atoms with Crippen molar-refractivity contribution in [1.82, 2.24) is 5.32 Å². The van der Waals surface area contributed by atoms with Crippen molar-refractivity contribution >= 4 is 5.91 Å². The standard InChI is InChI=1S/C15H28N2O/c16-13-9-5-2-6-10-14(13)17-15(18)11-12-7-3-1-4-8-12/h12-14H,1-11,16H2,(H,17,18). The van der Waals surface area contributed by atoms with E-state index in [2.05, 4.69) is 5.32 Å². The minimum absolute atomic E-state index is 0.169. The molecule has 104 valence electrons. The highest BCUT2D eigenvalue weighted by Crippen LogP contribution is 2.26. The van der Waals surface area contributed by atoms with Gasteiger partial charge in [-0.2, -0.15) is 0 Å². The van der Waals surface area contributed by atoms with Crippen LogP contribution in [-0.4, -0.2) is 18.0 Å². The molecule has 2 rings (SSSR count). The lowest BCUT2D eigenvalue weighted by molar-refractivity contribution is -0.123. The zero-order valence-corrected chi connectivity index (χ0v) is 11.5. The van der Waals surface area contributed by atoms with Gasteiger partial charge >= 0.3 is 0 Å². The molecule has 0 radical (unpaired) electrons. The van der Waals surface area contributed by atoms with Crippen molar-refractivity contribution in [2.24, 2.45) is 11.7 Å². The lowest BCUT2D eigenvalue weighted by atomic mass is 9.86. The number of carbonyl (C=O) groups is 1. The first-order valence-electron chi connectivity index (χ1n) is 7.80. The first kappa shape index (κ1) is 13.9. The van der Waals surface area contributed by atoms with Gasteiger partial charge in [0.15, 0.2) is 0 Å². The highest BCUT2D eigenvalue weighted by Gasteiger charge is 2.23. The molecule has 0 bridgehead atoms. The molecule has 2 fully saturated rings. The normalized spacial score (nSPS) is 30.7. The smallest absolute Gasteiger partial charge is 0.220 e. The van der Waals surface area contributed by atoms with E-state index in [9.17, 15) is 4.79 Å². The van der Waals surface area contributed by atoms with Gasteiger partial charge in [-0.1, -0.05) is 38.5 Å². The second-order valence-electron chi connectivity index (χ2n) is 6.18. The van der Waals surface area contributed by atoms with Crippen LogP contribution in [0.4, 0.5) is 0 Å². The van der Waals surface area contributed by atoms with Crippen molar-refractivity contribution in [2.45, 2.75) is 82.7 Å². The van der Waals surface area contributed by atoms with Gasteiger partial charge in [-0.3, -0.25) is 4.79 Å². The second-order valence-corrected chi connectivity index (χ2v) is 6.18. The van der Waals surface area contributed by atoms with Crippen molar-refractivity contribution in [1.29, 1.82) is 0 Å². The number of rotatable bonds is 3. The SMILES string of the molecule is NC1CCCCCC1NC(=O)CC1CCCCC1. The van der Waals surface area contributed by atoms with E-state index in [0.29, 0.717) is 5.92 Å². The van der Waals surface area contributed by atoms with Gasteiger partial charge < -0.3 is 11.1 Å². The van der Waals surface area contributed by atoms with Gasteiger partial charge in [-0.25, -0.2) is 0 Å². The first-order valence-corrected chi connectivity index (χ1v) is 7.80. The van der Waals surface area contributed by atoms with Crippen LogP contribution in [0.2, 0.25) is 0 Å². The number of nitrogens with one attached hydrogen (secondary N) is 1. The summed E-state index contributed by atoms with van der Waals surface area (Å²) in [6, 6.07) is 0.395. The molecule has 18 heavy (non-hydrogen) atoms. The number of amides is 1. The maximum absolute atomic E-state index is 12.1. The van der Waals surface area contributed by atoms with Crippen LogP contribution in [0.5, 0.6) is 0 Å². The number of hydrogen-bond donors (Lipinski definition) is 2. The Balaban J connectivity index is 1.74. The molecule has 0 aliphatic heterocycles. The van der Waals surface area contributed by atoms with Crippen molar-refractivity contribution in [2.75, 3.05) is 0 Å². The fourth-order valence-electron chi connectivity index (χ4n) is 3.43. The Morgan fingerprint density at radius 2 is 1.56 bits per heavy atom. The van der Waals surface area contributed by atoms with Gasteiger partial charge in [0.1, 0.15) is 0 Å². The molecule has 0 aromatic heterocycles. The summed E-state index contributed by atoms with van der Waals surface area (Å²) >= 11 is 0. The maximum atomic E-state index is 12.1. The number of nitrogens with two attached hydrogens (primary N) is 1. The summed E-state index contributed by atoms with van der Waals surface area (Å²) in [5.74, 6) is 0.866. The van der Waals surface area contributed by atoms with Crippen molar-refractivity contribution < 1.29 is 4.79 Å². The van der Waals surface area contributed by atoms with Crippen LogP contribution in [0.1, 0.15) is 70.6 Å². The fourth-order valence-corrected chi connectivity index (χ4v) is 3.43. The minimum Gasteiger partial charge on any atom is -0.352 e. The molecule has 0 saturated heterocycles. The van der Waals surface area contributed by atoms with Crippen molar-refractivity contribution in [3.63, 3.8) is 0 Å². The molecule has 0 heterocycles. The van der Waals surface area contributed by atoms with Gasteiger partial charge in [-0.05, 0) is 31.6 Å². The van der Waals surface area contributed by atoms with E-state index in [1.54, 1.807) is 0 Å². The zero-order valence-electron chi connectivity index (χ0n) is 11.5. The highest BCUT2D eigenvalue weighted by molar-refractivity contribution is 5.76. The van der Waals surface area contributed by atoms with Crippen LogP contribution < -0.4 is 11.1 Å². The summed E-state index contributed by atoms with van der Waals surface area (Å²) in [4.78, 5) is 12.1. The van der Waals surface area contributed by atoms with Crippen molar-refractivity contribution in [3.8, 4) is 0 Å². The molecule has 2 aliphatic rings. The average molecular weight is 252 g/mol. The van der Waals surface area contributed by atoms with E-state index >= 15 is 0 Å². The van der Waals surface area contributed by atoms with Crippen LogP contribution in [0.25, 0.3) is 0 Å². The van der Waals surface area contributed by atoms with Crippen LogP contribution in [0.15, 0.2) is 0 Å². The van der Waals surface area contributed by atoms with Gasteiger partial charge in [0.25, 0.3) is 0 Å². The zero-order chi connectivity index (χ0) is 12.8. The van der Waals surface area contributed by atoms with E-state index in [4.69, 9.17) is 5.73 Å². The molecule has 2 saturated carbocycles. The van der Waals surface area contributed by atoms with Crippen LogP contribution in [-0.2, 0) is 4.79 Å². The minimum atomic E-state index is 0.169. The molecule has 3 N–H and O–H groups in total. The number of carbonyl (C=O) groups excluding carboxylic acids is 1. The molecule has 3 nitrogen and oxygen atoms in total. The maximum Gasteiger partial charge on any atom is 0.220 e. The van der Waals surface area contributed by atoms with Gasteiger partial charge in [0.2, 0.25) is 5.91 Å². The summed E-state index contributed by atoms with van der Waals surface area (Å²) in [7, 11) is 0. The summed E-state index contributed by atoms with van der Waals surface area (Å²) in [6.07, 6.45) is 13.0. The molecule has 2 aliphatic carbocycles. The van der Waals surface area contributed by atoms with Gasteiger partial charge in [0.05, 0.1) is 0 Å². The van der Waals surface area contributed by atoms with E-state index in [-0.39, 0.29) is 18.0 Å². The third-order valence-electron chi connectivity index (χ3n) is 4.61. The monoisotopic (exact) mass is 252 g/mol. The first-order chi connectivity index (χ1) is 8.75. The molecule has 2 unspecified atom stereocenters. The van der Waals surface area contributed by atoms with Crippen molar-refractivity contribution in [3.05, 3.63) is 0 Å². The van der Waals surface area contributed by atoms with E-state index in [1.807, 2.05) is 0 Å². The van der Waals surface area contributed by atoms with Crippen LogP contribution >= 0.6 is 0 Å². The fraction of sp³-hybridized carbons (Fsp3) is 0.933. The van der Waals surface area contributed by atoms with E-state index in [0.717, 1.165) is 19.3 Å². The molecular formula is C15H28N2O. The van der Waals surface area contributed by atoms with Crippen LogP contribution in [0, 0.1) is 5.92 Å². The lowest BCUT2D eigenvalue weighted by Crippen LogP contribution is -2.47. The molecule has 0 aromatic carbocycles. The topological polar surface area (TPSA) is 55.1 Å². The largest absolute Gasteiger partial charge is 0.352 e. The molecule has 0 spiro atoms. The average Bonchev–Trinajstić information content (AvgIpc) is 2.56. The Kier molecular flexibility index (Phi) is 5.48. The highest BCUT2D eigenvalue weighted by atomic mass is 16.1. The summed E-state index contributed by atoms with van der Waals surface area (Å²) < 4.78 is 0. The second kappa shape index (κ2) is 7.13. The number of hydrogen-bond acceptors (Lipinski definition) is 2. The predicted molar refractivity (Wildman–Crippen MR) is 74.2 cm³/mol. The van der Waals surface area contributed by atoms with E-state index < -0.39 is 0 Å². The van der Waals surface area contributed by atoms with Gasteiger partial charge in [-0.15, -0.1) is 0 Å². The lowest BCUT2D eigenvalue weighted by Gasteiger charge is -2.25. The molecular weight excluding hydrogens is 224 g/mol. The Morgan fingerprint density at radius 3 is 2.28 bits per heavy atom. The Labute approximate surface area is 111 Å². The molecule has 0 aromatic rings. The van der Waals surface area contributed by atoms with Gasteiger partial charge in [0, 0.05) is 18.5 Å². The summed E-state index contributed by atoms with van der Waals surface area (Å²) in [5.41, 5.74) is 6.15. The van der Waals surface area contributed by atoms with Crippen LogP contribution in [0.3, 0.4) is 0 Å². The third kappa shape index (κ3) is 4.27. The Hall–Kier alpha value is -0.570. The molecule has 2 atom stereocenters. The summed E-state index contributed by atoms with van der Waals surface area (Å²) in [5, 5.41) is 3.19.